The average Bonchev–Trinajstić information content (AvgIpc) is 3.31. The molecule has 1 aromatic carbocycles. The molecule has 0 aliphatic carbocycles. The SMILES string of the molecule is N#Cc1ccc(C(=O)N2CC[C@@H]3[C@@H](CO[C@H]3CN3CCCC3)C2)cc1. The largest absolute Gasteiger partial charge is 0.376 e. The lowest BCUT2D eigenvalue weighted by atomic mass is 9.84. The Hall–Kier alpha value is -1.90. The molecule has 3 heterocycles. The van der Waals surface area contributed by atoms with Crippen molar-refractivity contribution >= 4 is 5.91 Å². The van der Waals surface area contributed by atoms with E-state index in [9.17, 15) is 4.79 Å². The number of nitriles is 1. The van der Waals surface area contributed by atoms with Gasteiger partial charge in [-0.1, -0.05) is 0 Å². The first-order chi connectivity index (χ1) is 12.2. The lowest BCUT2D eigenvalue weighted by Gasteiger charge is -2.36. The standard InChI is InChI=1S/C20H25N3O2/c21-11-15-3-5-16(6-4-15)20(24)23-10-7-18-17(12-23)14-25-19(18)13-22-8-1-2-9-22/h3-6,17-19H,1-2,7-10,12-14H2/t17-,18-,19+/m1/s1. The quantitative estimate of drug-likeness (QED) is 0.846. The maximum absolute atomic E-state index is 12.7. The summed E-state index contributed by atoms with van der Waals surface area (Å²) in [4.78, 5) is 17.2. The molecule has 1 aromatic rings. The third-order valence-corrected chi connectivity index (χ3v) is 5.98. The second-order valence-electron chi connectivity index (χ2n) is 7.53. The van der Waals surface area contributed by atoms with Crippen LogP contribution in [0.5, 0.6) is 0 Å². The van der Waals surface area contributed by atoms with Crippen molar-refractivity contribution in [3.05, 3.63) is 35.4 Å². The molecule has 1 amide bonds. The molecule has 3 aliphatic heterocycles. The summed E-state index contributed by atoms with van der Waals surface area (Å²) in [6.45, 7) is 5.85. The molecule has 0 bridgehead atoms. The first-order valence-corrected chi connectivity index (χ1v) is 9.38. The van der Waals surface area contributed by atoms with E-state index < -0.39 is 0 Å². The van der Waals surface area contributed by atoms with Crippen LogP contribution in [0.3, 0.4) is 0 Å². The highest BCUT2D eigenvalue weighted by Gasteiger charge is 2.42. The van der Waals surface area contributed by atoms with Crippen LogP contribution in [-0.4, -0.2) is 61.1 Å². The minimum absolute atomic E-state index is 0.0749. The summed E-state index contributed by atoms with van der Waals surface area (Å²) in [5, 5.41) is 8.88. The van der Waals surface area contributed by atoms with E-state index in [2.05, 4.69) is 11.0 Å². The summed E-state index contributed by atoms with van der Waals surface area (Å²) < 4.78 is 6.11. The van der Waals surface area contributed by atoms with Gasteiger partial charge in [0.25, 0.3) is 5.91 Å². The molecule has 5 heteroatoms. The molecular formula is C20H25N3O2. The molecule has 5 nitrogen and oxygen atoms in total. The molecule has 0 radical (unpaired) electrons. The first kappa shape index (κ1) is 16.6. The Morgan fingerprint density at radius 3 is 2.68 bits per heavy atom. The van der Waals surface area contributed by atoms with Crippen LogP contribution in [0.25, 0.3) is 0 Å². The number of hydrogen-bond acceptors (Lipinski definition) is 4. The Labute approximate surface area is 149 Å². The predicted octanol–water partition coefficient (Wildman–Crippen LogP) is 2.13. The van der Waals surface area contributed by atoms with Crippen molar-refractivity contribution in [3.8, 4) is 6.07 Å². The van der Waals surface area contributed by atoms with E-state index in [4.69, 9.17) is 10.00 Å². The third-order valence-electron chi connectivity index (χ3n) is 5.98. The first-order valence-electron chi connectivity index (χ1n) is 9.38. The Balaban J connectivity index is 1.36. The van der Waals surface area contributed by atoms with Crippen LogP contribution in [0, 0.1) is 23.2 Å². The molecule has 0 N–H and O–H groups in total. The molecule has 3 fully saturated rings. The van der Waals surface area contributed by atoms with Gasteiger partial charge in [0.05, 0.1) is 24.3 Å². The van der Waals surface area contributed by atoms with Crippen molar-refractivity contribution < 1.29 is 9.53 Å². The maximum atomic E-state index is 12.7. The number of fused-ring (bicyclic) bond motifs is 1. The van der Waals surface area contributed by atoms with Crippen molar-refractivity contribution in [1.82, 2.24) is 9.80 Å². The zero-order chi connectivity index (χ0) is 17.2. The van der Waals surface area contributed by atoms with Crippen LogP contribution in [0.1, 0.15) is 35.2 Å². The van der Waals surface area contributed by atoms with Gasteiger partial charge in [0.15, 0.2) is 0 Å². The normalized spacial score (nSPS) is 29.4. The summed E-state index contributed by atoms with van der Waals surface area (Å²) >= 11 is 0. The van der Waals surface area contributed by atoms with Crippen molar-refractivity contribution in [2.24, 2.45) is 11.8 Å². The number of hydrogen-bond donors (Lipinski definition) is 0. The summed E-state index contributed by atoms with van der Waals surface area (Å²) in [6.07, 6.45) is 4.00. The highest BCUT2D eigenvalue weighted by Crippen LogP contribution is 2.35. The Kier molecular flexibility index (Phi) is 4.74. The highest BCUT2D eigenvalue weighted by atomic mass is 16.5. The Morgan fingerprint density at radius 2 is 1.96 bits per heavy atom. The molecule has 25 heavy (non-hydrogen) atoms. The Bertz CT molecular complexity index is 661. The second-order valence-corrected chi connectivity index (χ2v) is 7.53. The molecule has 0 unspecified atom stereocenters. The lowest BCUT2D eigenvalue weighted by Crippen LogP contribution is -2.46. The van der Waals surface area contributed by atoms with Gasteiger partial charge in [-0.3, -0.25) is 4.79 Å². The Morgan fingerprint density at radius 1 is 1.20 bits per heavy atom. The number of ether oxygens (including phenoxy) is 1. The van der Waals surface area contributed by atoms with Gasteiger partial charge in [0.2, 0.25) is 0 Å². The van der Waals surface area contributed by atoms with Crippen LogP contribution in [0.4, 0.5) is 0 Å². The molecule has 0 spiro atoms. The number of nitrogens with zero attached hydrogens (tertiary/aromatic N) is 3. The number of piperidine rings is 1. The summed E-state index contributed by atoms with van der Waals surface area (Å²) in [6, 6.07) is 9.03. The predicted molar refractivity (Wildman–Crippen MR) is 94.1 cm³/mol. The zero-order valence-corrected chi connectivity index (χ0v) is 14.6. The average molecular weight is 339 g/mol. The van der Waals surface area contributed by atoms with E-state index in [0.29, 0.717) is 29.1 Å². The van der Waals surface area contributed by atoms with Crippen LogP contribution in [0.15, 0.2) is 24.3 Å². The van der Waals surface area contributed by atoms with Crippen molar-refractivity contribution in [1.29, 1.82) is 5.26 Å². The summed E-state index contributed by atoms with van der Waals surface area (Å²) in [7, 11) is 0. The maximum Gasteiger partial charge on any atom is 0.253 e. The van der Waals surface area contributed by atoms with E-state index in [1.807, 2.05) is 4.90 Å². The van der Waals surface area contributed by atoms with Gasteiger partial charge in [-0.25, -0.2) is 0 Å². The molecule has 3 atom stereocenters. The van der Waals surface area contributed by atoms with Crippen LogP contribution >= 0.6 is 0 Å². The van der Waals surface area contributed by atoms with Gasteiger partial charge < -0.3 is 14.5 Å². The number of amides is 1. The molecule has 3 saturated heterocycles. The molecule has 0 saturated carbocycles. The van der Waals surface area contributed by atoms with E-state index >= 15 is 0 Å². The second kappa shape index (κ2) is 7.15. The number of likely N-dealkylation sites (tertiary alicyclic amines) is 2. The zero-order valence-electron chi connectivity index (χ0n) is 14.6. The summed E-state index contributed by atoms with van der Waals surface area (Å²) in [5.41, 5.74) is 1.26. The fourth-order valence-electron chi connectivity index (χ4n) is 4.55. The fraction of sp³-hybridized carbons (Fsp3) is 0.600. The van der Waals surface area contributed by atoms with E-state index in [1.54, 1.807) is 24.3 Å². The minimum Gasteiger partial charge on any atom is -0.376 e. The van der Waals surface area contributed by atoms with Gasteiger partial charge in [-0.15, -0.1) is 0 Å². The van der Waals surface area contributed by atoms with E-state index in [1.165, 1.54) is 25.9 Å². The van der Waals surface area contributed by atoms with Gasteiger partial charge in [0, 0.05) is 31.1 Å². The minimum atomic E-state index is 0.0749. The van der Waals surface area contributed by atoms with E-state index in [0.717, 1.165) is 32.7 Å². The van der Waals surface area contributed by atoms with Crippen molar-refractivity contribution in [3.63, 3.8) is 0 Å². The van der Waals surface area contributed by atoms with Crippen LogP contribution < -0.4 is 0 Å². The van der Waals surface area contributed by atoms with Gasteiger partial charge in [-0.2, -0.15) is 5.26 Å². The number of carbonyl (C=O) groups is 1. The fourth-order valence-corrected chi connectivity index (χ4v) is 4.55. The van der Waals surface area contributed by atoms with Crippen LogP contribution in [0.2, 0.25) is 0 Å². The highest BCUT2D eigenvalue weighted by molar-refractivity contribution is 5.94. The van der Waals surface area contributed by atoms with E-state index in [-0.39, 0.29) is 5.91 Å². The van der Waals surface area contributed by atoms with Crippen molar-refractivity contribution in [2.45, 2.75) is 25.4 Å². The number of rotatable bonds is 3. The molecule has 4 rings (SSSR count). The van der Waals surface area contributed by atoms with Gasteiger partial charge in [0.1, 0.15) is 0 Å². The van der Waals surface area contributed by atoms with Crippen molar-refractivity contribution in [2.75, 3.05) is 39.3 Å². The van der Waals surface area contributed by atoms with Gasteiger partial charge in [-0.05, 0) is 62.5 Å². The summed E-state index contributed by atoms with van der Waals surface area (Å²) in [5.74, 6) is 1.13. The smallest absolute Gasteiger partial charge is 0.253 e. The number of carbonyl (C=O) groups excluding carboxylic acids is 1. The molecule has 132 valence electrons. The molecular weight excluding hydrogens is 314 g/mol. The number of benzene rings is 1. The molecule has 3 aliphatic rings. The topological polar surface area (TPSA) is 56.6 Å². The monoisotopic (exact) mass is 339 g/mol. The third kappa shape index (κ3) is 3.42. The molecule has 0 aromatic heterocycles. The van der Waals surface area contributed by atoms with Crippen LogP contribution in [-0.2, 0) is 4.74 Å². The lowest BCUT2D eigenvalue weighted by molar-refractivity contribution is 0.0517. The van der Waals surface area contributed by atoms with Gasteiger partial charge >= 0.3 is 0 Å².